The van der Waals surface area contributed by atoms with Crippen LogP contribution in [0.25, 0.3) is 6.08 Å². The number of carbonyl (C=O) groups is 2. The van der Waals surface area contributed by atoms with Crippen LogP contribution in [0.2, 0.25) is 5.02 Å². The average molecular weight is 400 g/mol. The predicted octanol–water partition coefficient (Wildman–Crippen LogP) is 3.02. The van der Waals surface area contributed by atoms with Crippen LogP contribution in [0, 0.1) is 0 Å². The van der Waals surface area contributed by atoms with Crippen molar-refractivity contribution in [1.29, 1.82) is 0 Å². The standard InChI is InChI=1S/C20H18ClN3O4/c1-12-16(20(26)24(23-12)15-6-4-14(21)5-7-15)9-13-3-8-17(18(10-13)27-2)28-11-19(22)25/h3-10H,11H2,1-2H3,(H2,22,25)/b16-9-. The maximum Gasteiger partial charge on any atom is 0.280 e. The van der Waals surface area contributed by atoms with E-state index in [4.69, 9.17) is 26.8 Å². The van der Waals surface area contributed by atoms with Crippen molar-refractivity contribution in [2.45, 2.75) is 6.92 Å². The van der Waals surface area contributed by atoms with E-state index in [9.17, 15) is 9.59 Å². The molecule has 0 unspecified atom stereocenters. The van der Waals surface area contributed by atoms with Gasteiger partial charge in [-0.05, 0) is 55.0 Å². The van der Waals surface area contributed by atoms with Crippen molar-refractivity contribution in [3.05, 3.63) is 58.6 Å². The van der Waals surface area contributed by atoms with E-state index in [0.29, 0.717) is 33.5 Å². The second-order valence-electron chi connectivity index (χ2n) is 6.00. The van der Waals surface area contributed by atoms with Crippen LogP contribution in [-0.4, -0.2) is 31.2 Å². The largest absolute Gasteiger partial charge is 0.493 e. The van der Waals surface area contributed by atoms with E-state index in [1.165, 1.54) is 12.1 Å². The minimum atomic E-state index is -0.584. The molecule has 0 aliphatic carbocycles. The SMILES string of the molecule is COc1cc(/C=C2\C(=O)N(c3ccc(Cl)cc3)N=C2C)ccc1OCC(N)=O. The van der Waals surface area contributed by atoms with Crippen LogP contribution in [0.4, 0.5) is 5.69 Å². The van der Waals surface area contributed by atoms with Crippen LogP contribution >= 0.6 is 11.6 Å². The van der Waals surface area contributed by atoms with Crippen molar-refractivity contribution < 1.29 is 19.1 Å². The Morgan fingerprint density at radius 2 is 1.93 bits per heavy atom. The summed E-state index contributed by atoms with van der Waals surface area (Å²) in [6.07, 6.45) is 1.72. The fourth-order valence-electron chi connectivity index (χ4n) is 2.65. The number of hydrogen-bond acceptors (Lipinski definition) is 5. The number of hydrogen-bond donors (Lipinski definition) is 1. The molecule has 1 aliphatic rings. The topological polar surface area (TPSA) is 94.2 Å². The number of carbonyl (C=O) groups excluding carboxylic acids is 2. The fraction of sp³-hybridized carbons (Fsp3) is 0.150. The summed E-state index contributed by atoms with van der Waals surface area (Å²) < 4.78 is 10.6. The van der Waals surface area contributed by atoms with Crippen molar-refractivity contribution in [1.82, 2.24) is 0 Å². The van der Waals surface area contributed by atoms with E-state index in [-0.39, 0.29) is 12.5 Å². The van der Waals surface area contributed by atoms with Gasteiger partial charge < -0.3 is 15.2 Å². The monoisotopic (exact) mass is 399 g/mol. The molecule has 0 saturated heterocycles. The Labute approximate surface area is 167 Å². The molecular formula is C20H18ClN3O4. The molecule has 0 radical (unpaired) electrons. The van der Waals surface area contributed by atoms with Crippen LogP contribution in [-0.2, 0) is 9.59 Å². The van der Waals surface area contributed by atoms with Gasteiger partial charge in [-0.3, -0.25) is 9.59 Å². The minimum absolute atomic E-state index is 0.243. The highest BCUT2D eigenvalue weighted by atomic mass is 35.5. The number of nitrogens with two attached hydrogens (primary N) is 1. The van der Waals surface area contributed by atoms with Gasteiger partial charge in [0.2, 0.25) is 0 Å². The molecule has 0 atom stereocenters. The number of hydrazone groups is 1. The zero-order chi connectivity index (χ0) is 20.3. The van der Waals surface area contributed by atoms with Crippen LogP contribution < -0.4 is 20.2 Å². The van der Waals surface area contributed by atoms with Crippen LogP contribution in [0.1, 0.15) is 12.5 Å². The summed E-state index contributed by atoms with van der Waals surface area (Å²) in [7, 11) is 1.49. The lowest BCUT2D eigenvalue weighted by Crippen LogP contribution is -2.21. The molecular weight excluding hydrogens is 382 g/mol. The summed E-state index contributed by atoms with van der Waals surface area (Å²) in [5, 5.41) is 6.25. The van der Waals surface area contributed by atoms with E-state index < -0.39 is 5.91 Å². The van der Waals surface area contributed by atoms with E-state index in [1.807, 2.05) is 0 Å². The van der Waals surface area contributed by atoms with E-state index in [2.05, 4.69) is 5.10 Å². The van der Waals surface area contributed by atoms with Crippen molar-refractivity contribution in [3.8, 4) is 11.5 Å². The molecule has 28 heavy (non-hydrogen) atoms. The number of amides is 2. The average Bonchev–Trinajstić information content (AvgIpc) is 2.95. The van der Waals surface area contributed by atoms with Crippen molar-refractivity contribution in [3.63, 3.8) is 0 Å². The zero-order valence-electron chi connectivity index (χ0n) is 15.3. The predicted molar refractivity (Wildman–Crippen MR) is 108 cm³/mol. The van der Waals surface area contributed by atoms with Gasteiger partial charge in [0.25, 0.3) is 11.8 Å². The number of benzene rings is 2. The fourth-order valence-corrected chi connectivity index (χ4v) is 2.78. The first kappa shape index (κ1) is 19.4. The highest BCUT2D eigenvalue weighted by Gasteiger charge is 2.28. The number of nitrogens with zero attached hydrogens (tertiary/aromatic N) is 2. The molecule has 1 heterocycles. The molecule has 0 fully saturated rings. The highest BCUT2D eigenvalue weighted by Crippen LogP contribution is 2.31. The molecule has 0 spiro atoms. The molecule has 0 saturated carbocycles. The minimum Gasteiger partial charge on any atom is -0.493 e. The van der Waals surface area contributed by atoms with Gasteiger partial charge in [0.05, 0.1) is 24.1 Å². The number of halogens is 1. The molecule has 2 aromatic carbocycles. The van der Waals surface area contributed by atoms with Crippen LogP contribution in [0.15, 0.2) is 53.1 Å². The molecule has 144 valence electrons. The number of primary amides is 1. The lowest BCUT2D eigenvalue weighted by molar-refractivity contribution is -0.120. The van der Waals surface area contributed by atoms with Gasteiger partial charge in [0, 0.05) is 5.02 Å². The normalized spacial score (nSPS) is 15.0. The van der Waals surface area contributed by atoms with Gasteiger partial charge in [-0.25, -0.2) is 0 Å². The Bertz CT molecular complexity index is 983. The molecule has 0 bridgehead atoms. The second-order valence-corrected chi connectivity index (χ2v) is 6.44. The molecule has 7 nitrogen and oxygen atoms in total. The maximum atomic E-state index is 12.8. The number of anilines is 1. The Morgan fingerprint density at radius 3 is 2.57 bits per heavy atom. The highest BCUT2D eigenvalue weighted by molar-refractivity contribution is 6.32. The zero-order valence-corrected chi connectivity index (χ0v) is 16.1. The number of rotatable bonds is 6. The molecule has 2 N–H and O–H groups in total. The summed E-state index contributed by atoms with van der Waals surface area (Å²) in [5.41, 5.74) is 7.50. The van der Waals surface area contributed by atoms with Gasteiger partial charge in [-0.2, -0.15) is 10.1 Å². The third-order valence-electron chi connectivity index (χ3n) is 4.00. The first-order valence-corrected chi connectivity index (χ1v) is 8.73. The van der Waals surface area contributed by atoms with Gasteiger partial charge >= 0.3 is 0 Å². The van der Waals surface area contributed by atoms with E-state index >= 15 is 0 Å². The Morgan fingerprint density at radius 1 is 1.21 bits per heavy atom. The van der Waals surface area contributed by atoms with Crippen LogP contribution in [0.3, 0.4) is 0 Å². The quantitative estimate of drug-likeness (QED) is 0.755. The summed E-state index contributed by atoms with van der Waals surface area (Å²) in [6, 6.07) is 12.0. The first-order chi connectivity index (χ1) is 13.4. The Hall–Kier alpha value is -3.32. The molecule has 3 rings (SSSR count). The van der Waals surface area contributed by atoms with Gasteiger partial charge in [0.1, 0.15) is 0 Å². The molecule has 8 heteroatoms. The summed E-state index contributed by atoms with van der Waals surface area (Å²) in [5.74, 6) is -0.0219. The molecule has 2 aromatic rings. The van der Waals surface area contributed by atoms with E-state index in [1.54, 1.807) is 55.5 Å². The molecule has 1 aliphatic heterocycles. The molecule has 0 aromatic heterocycles. The van der Waals surface area contributed by atoms with Crippen molar-refractivity contribution in [2.24, 2.45) is 10.8 Å². The summed E-state index contributed by atoms with van der Waals surface area (Å²) in [4.78, 5) is 23.7. The maximum absolute atomic E-state index is 12.8. The third-order valence-corrected chi connectivity index (χ3v) is 4.25. The Balaban J connectivity index is 1.87. The summed E-state index contributed by atoms with van der Waals surface area (Å²) in [6.45, 7) is 1.51. The van der Waals surface area contributed by atoms with Gasteiger partial charge in [-0.15, -0.1) is 0 Å². The van der Waals surface area contributed by atoms with Crippen molar-refractivity contribution in [2.75, 3.05) is 18.7 Å². The lowest BCUT2D eigenvalue weighted by atomic mass is 10.1. The summed E-state index contributed by atoms with van der Waals surface area (Å²) >= 11 is 5.90. The van der Waals surface area contributed by atoms with E-state index in [0.717, 1.165) is 5.56 Å². The van der Waals surface area contributed by atoms with Gasteiger partial charge in [0.15, 0.2) is 18.1 Å². The first-order valence-electron chi connectivity index (χ1n) is 8.35. The smallest absolute Gasteiger partial charge is 0.280 e. The molecule has 2 amide bonds. The number of ether oxygens (including phenoxy) is 2. The third kappa shape index (κ3) is 4.15. The van der Waals surface area contributed by atoms with Crippen LogP contribution in [0.5, 0.6) is 11.5 Å². The lowest BCUT2D eigenvalue weighted by Gasteiger charge is -2.12. The van der Waals surface area contributed by atoms with Gasteiger partial charge in [-0.1, -0.05) is 17.7 Å². The Kier molecular flexibility index (Phi) is 5.65. The number of methoxy groups -OCH3 is 1. The second kappa shape index (κ2) is 8.14. The van der Waals surface area contributed by atoms with Crippen molar-refractivity contribution >= 4 is 40.9 Å².